The van der Waals surface area contributed by atoms with Crippen LogP contribution in [0.1, 0.15) is 162 Å². The van der Waals surface area contributed by atoms with Crippen molar-refractivity contribution in [1.29, 1.82) is 10.8 Å². The summed E-state index contributed by atoms with van der Waals surface area (Å²) in [5, 5.41) is 92.0. The van der Waals surface area contributed by atoms with E-state index in [1.807, 2.05) is 0 Å². The summed E-state index contributed by atoms with van der Waals surface area (Å²) in [6, 6.07) is -11.8. The lowest BCUT2D eigenvalue weighted by molar-refractivity contribution is -0.142. The highest BCUT2D eigenvalue weighted by Gasteiger charge is 2.39. The van der Waals surface area contributed by atoms with Gasteiger partial charge in [0.25, 0.3) is 0 Å². The second-order valence-corrected chi connectivity index (χ2v) is 29.5. The number of carboxylic acids is 3. The summed E-state index contributed by atoms with van der Waals surface area (Å²) in [4.78, 5) is 238. The number of aliphatic hydroxyl groups excluding tert-OH is 1. The number of aromatic amines is 1. The van der Waals surface area contributed by atoms with E-state index in [-0.39, 0.29) is 109 Å². The standard InChI is InChI=1S/C74H122N24O21/c1-8-40(6)59(98-69(115)52(32-42-16-10-9-11-17-42)97-64(110)47(20-15-29-84-74(80)81)91-70(116)54(36-99)88-56(101)35-85-61(107)53(33-43-34-82-37-86-43)94-60(106)44(76)21-24-55(77)100)71(117)93-49(23-26-58(104)105)66(112)96-50(30-38(2)3)67(113)90-45(18-12-13-27-75)63(109)95-51(31-39(4)5)68(114)92-48(22-25-57(102)103)65(111)89-46(19-14-28-83-73(78)79)62(108)87-41(7)72(118)119/h9-11,16-17,34,37-41,44-54,59,99H,8,12-15,18-33,35-36,75-76H2,1-7H3,(H2,77,100)(H,82,86)(H,85,107)(H,87,108)(H,88,101)(H,89,111)(H,90,113)(H,91,116)(H,92,114)(H,93,117)(H,94,106)(H,95,109)(H,96,112)(H,97,110)(H,98,115)(H,102,103)(H,104,105)(H,118,119)(H4,78,79,83)(H4,80,81,84)/t40-,41-,44-,45-,46-,47-,48-,49-,50-,51-,52-,53-,54-,59-/m0/s1. The Morgan fingerprint density at radius 3 is 1.29 bits per heavy atom. The van der Waals surface area contributed by atoms with Crippen molar-refractivity contribution in [3.8, 4) is 0 Å². The molecule has 1 heterocycles. The summed E-state index contributed by atoms with van der Waals surface area (Å²) < 4.78 is 0. The molecule has 119 heavy (non-hydrogen) atoms. The number of primary amides is 1. The van der Waals surface area contributed by atoms with Crippen molar-refractivity contribution in [2.24, 2.45) is 46.4 Å². The molecule has 1 aromatic carbocycles. The molecule has 0 saturated carbocycles. The van der Waals surface area contributed by atoms with Gasteiger partial charge in [-0.25, -0.2) is 4.98 Å². The number of hydrogen-bond donors (Lipinski definition) is 27. The van der Waals surface area contributed by atoms with E-state index in [0.717, 1.165) is 0 Å². The Hall–Kier alpha value is -12.2. The zero-order chi connectivity index (χ0) is 89.6. The largest absolute Gasteiger partial charge is 0.481 e. The maximum Gasteiger partial charge on any atom is 0.325 e. The minimum Gasteiger partial charge on any atom is -0.481 e. The molecular weight excluding hydrogens is 1560 g/mol. The number of aliphatic hydroxyl groups is 1. The first-order chi connectivity index (χ1) is 56.1. The third-order valence-electron chi connectivity index (χ3n) is 18.4. The SMILES string of the molecule is CC[C@H](C)[C@H](NC(=O)[C@H](Cc1ccccc1)NC(=O)[C@H](CCCNC(=N)N)NC(=O)[C@H](CO)NC(=O)CNC(=O)[C@H](Cc1c[nH]cn1)NC(=O)[C@@H](N)CCC(N)=O)C(=O)N[C@@H](CCC(=O)O)C(=O)N[C@@H](CC(C)C)C(=O)N[C@@H](CCCCN)C(=O)N[C@@H](CC(C)C)C(=O)N[C@@H](CCC(=O)O)C(=O)N[C@@H](CCCNC(=N)N)C(=O)N[C@@H](C)C(=O)O. The number of hydrogen-bond acceptors (Lipinski definition) is 23. The van der Waals surface area contributed by atoms with Crippen molar-refractivity contribution in [2.45, 2.75) is 243 Å². The number of guanidine groups is 2. The number of carbonyl (C=O) groups excluding carboxylic acids is 14. The van der Waals surface area contributed by atoms with Crippen molar-refractivity contribution < 1.29 is 102 Å². The number of amides is 14. The summed E-state index contributed by atoms with van der Waals surface area (Å²) in [7, 11) is 0. The average Bonchev–Trinajstić information content (AvgIpc) is 1.63. The molecule has 0 radical (unpaired) electrons. The predicted octanol–water partition coefficient (Wildman–Crippen LogP) is -6.66. The van der Waals surface area contributed by atoms with E-state index in [9.17, 15) is 102 Å². The quantitative estimate of drug-likeness (QED) is 0.0166. The van der Waals surface area contributed by atoms with Crippen molar-refractivity contribution in [3.05, 3.63) is 54.1 Å². The Labute approximate surface area is 688 Å². The fourth-order valence-electron chi connectivity index (χ4n) is 11.7. The van der Waals surface area contributed by atoms with Crippen molar-refractivity contribution in [2.75, 3.05) is 32.8 Å². The van der Waals surface area contributed by atoms with E-state index in [1.165, 1.54) is 19.4 Å². The van der Waals surface area contributed by atoms with Crippen molar-refractivity contribution in [1.82, 2.24) is 89.7 Å². The fraction of sp³-hybridized carbons (Fsp3) is 0.622. The second-order valence-electron chi connectivity index (χ2n) is 29.5. The monoisotopic (exact) mass is 1680 g/mol. The Morgan fingerprint density at radius 2 is 0.866 bits per heavy atom. The molecule has 14 atom stereocenters. The number of aromatic nitrogens is 2. The Bertz CT molecular complexity index is 3720. The lowest BCUT2D eigenvalue weighted by Crippen LogP contribution is -2.62. The molecule has 0 spiro atoms. The molecule has 1 aromatic heterocycles. The number of carboxylic acid groups (broad SMARTS) is 3. The maximum absolute atomic E-state index is 14.9. The average molecular weight is 1680 g/mol. The Kier molecular flexibility index (Phi) is 47.3. The van der Waals surface area contributed by atoms with Crippen molar-refractivity contribution in [3.63, 3.8) is 0 Å². The number of carbonyl (C=O) groups is 17. The minimum absolute atomic E-state index is 0.0128. The molecule has 32 N–H and O–H groups in total. The van der Waals surface area contributed by atoms with Gasteiger partial charge in [-0.2, -0.15) is 0 Å². The molecule has 2 rings (SSSR count). The number of imidazole rings is 1. The third kappa shape index (κ3) is 41.5. The van der Waals surface area contributed by atoms with Crippen LogP contribution in [0.4, 0.5) is 0 Å². The summed E-state index contributed by atoms with van der Waals surface area (Å²) in [5.41, 5.74) is 28.6. The van der Waals surface area contributed by atoms with Crippen LogP contribution in [-0.4, -0.2) is 254 Å². The number of unbranched alkanes of at least 4 members (excludes halogenated alkanes) is 1. The van der Waals surface area contributed by atoms with Crippen LogP contribution in [0.25, 0.3) is 0 Å². The highest BCUT2D eigenvalue weighted by Crippen LogP contribution is 2.16. The third-order valence-corrected chi connectivity index (χ3v) is 18.4. The van der Waals surface area contributed by atoms with Gasteiger partial charge in [0, 0.05) is 51.4 Å². The summed E-state index contributed by atoms with van der Waals surface area (Å²) in [6.45, 7) is 9.41. The van der Waals surface area contributed by atoms with E-state index in [2.05, 4.69) is 89.7 Å². The molecule has 45 nitrogen and oxygen atoms in total. The number of nitrogens with one attached hydrogen (secondary N) is 18. The highest BCUT2D eigenvalue weighted by molar-refractivity contribution is 6.00. The van der Waals surface area contributed by atoms with Crippen LogP contribution in [0.15, 0.2) is 42.9 Å². The van der Waals surface area contributed by atoms with E-state index in [1.54, 1.807) is 71.9 Å². The van der Waals surface area contributed by atoms with Gasteiger partial charge in [-0.3, -0.25) is 92.3 Å². The van der Waals surface area contributed by atoms with Gasteiger partial charge in [-0.05, 0) is 114 Å². The first-order valence-electron chi connectivity index (χ1n) is 39.2. The number of nitrogens with zero attached hydrogens (tertiary/aromatic N) is 1. The summed E-state index contributed by atoms with van der Waals surface area (Å²) in [6.07, 6.45) is -0.641. The van der Waals surface area contributed by atoms with Crippen LogP contribution in [0.5, 0.6) is 0 Å². The highest BCUT2D eigenvalue weighted by atomic mass is 16.4. The molecule has 664 valence electrons. The molecule has 0 aliphatic heterocycles. The van der Waals surface area contributed by atoms with E-state index < -0.39 is 242 Å². The number of H-pyrrole nitrogens is 1. The zero-order valence-electron chi connectivity index (χ0n) is 68.1. The van der Waals surface area contributed by atoms with Crippen LogP contribution in [-0.2, 0) is 94.3 Å². The molecule has 0 aliphatic rings. The Balaban J connectivity index is 2.56. The molecule has 45 heteroatoms. The van der Waals surface area contributed by atoms with Crippen LogP contribution in [0, 0.1) is 28.6 Å². The number of benzene rings is 1. The van der Waals surface area contributed by atoms with Gasteiger partial charge in [-0.1, -0.05) is 78.3 Å². The molecular formula is C74H122N24O21. The predicted molar refractivity (Wildman–Crippen MR) is 429 cm³/mol. The van der Waals surface area contributed by atoms with Gasteiger partial charge in [0.15, 0.2) is 11.9 Å². The van der Waals surface area contributed by atoms with E-state index >= 15 is 0 Å². The summed E-state index contributed by atoms with van der Waals surface area (Å²) in [5.74, 6) is -20.3. The topological polar surface area (TPSA) is 758 Å². The number of aliphatic carboxylic acids is 3. The molecule has 0 saturated heterocycles. The van der Waals surface area contributed by atoms with Crippen LogP contribution < -0.4 is 108 Å². The number of rotatable bonds is 59. The lowest BCUT2D eigenvalue weighted by Gasteiger charge is -2.30. The zero-order valence-corrected chi connectivity index (χ0v) is 68.1. The van der Waals surface area contributed by atoms with E-state index in [4.69, 9.17) is 39.5 Å². The molecule has 0 aliphatic carbocycles. The first kappa shape index (κ1) is 103. The smallest absolute Gasteiger partial charge is 0.325 e. The summed E-state index contributed by atoms with van der Waals surface area (Å²) >= 11 is 0. The molecule has 0 unspecified atom stereocenters. The van der Waals surface area contributed by atoms with Gasteiger partial charge < -0.3 is 134 Å². The van der Waals surface area contributed by atoms with Gasteiger partial charge in [0.05, 0.1) is 31.2 Å². The Morgan fingerprint density at radius 1 is 0.454 bits per heavy atom. The molecule has 0 fully saturated rings. The van der Waals surface area contributed by atoms with Crippen LogP contribution in [0.2, 0.25) is 0 Å². The van der Waals surface area contributed by atoms with Gasteiger partial charge in [0.1, 0.15) is 72.5 Å². The van der Waals surface area contributed by atoms with E-state index in [0.29, 0.717) is 17.7 Å². The second kappa shape index (κ2) is 54.7. The molecule has 14 amide bonds. The minimum atomic E-state index is -1.80. The molecule has 0 bridgehead atoms. The normalized spacial score (nSPS) is 14.6. The van der Waals surface area contributed by atoms with Crippen LogP contribution in [0.3, 0.4) is 0 Å². The first-order valence-corrected chi connectivity index (χ1v) is 39.2. The maximum atomic E-state index is 14.9. The fourth-order valence-corrected chi connectivity index (χ4v) is 11.7. The van der Waals surface area contributed by atoms with Crippen molar-refractivity contribution >= 4 is 113 Å². The van der Waals surface area contributed by atoms with Gasteiger partial charge in [0.2, 0.25) is 82.7 Å². The molecule has 2 aromatic rings. The lowest BCUT2D eigenvalue weighted by atomic mass is 9.96. The number of nitrogens with two attached hydrogens (primary N) is 5. The van der Waals surface area contributed by atoms with Gasteiger partial charge in [-0.15, -0.1) is 0 Å². The van der Waals surface area contributed by atoms with Gasteiger partial charge >= 0.3 is 17.9 Å². The van der Waals surface area contributed by atoms with Crippen LogP contribution >= 0.6 is 0 Å².